The number of hydrogen-bond acceptors (Lipinski definition) is 19. The van der Waals surface area contributed by atoms with Crippen LogP contribution in [0.1, 0.15) is 55.4 Å². The van der Waals surface area contributed by atoms with Crippen molar-refractivity contribution < 1.29 is 132 Å². The van der Waals surface area contributed by atoms with E-state index in [1.165, 1.54) is 26.2 Å². The Morgan fingerprint density at radius 2 is 0.473 bits per heavy atom. The van der Waals surface area contributed by atoms with Crippen molar-refractivity contribution in [2.45, 2.75) is 55.4 Å². The molecule has 0 aliphatic heterocycles. The summed E-state index contributed by atoms with van der Waals surface area (Å²) < 4.78 is 67.9. The minimum absolute atomic E-state index is 0. The summed E-state index contributed by atoms with van der Waals surface area (Å²) in [6.07, 6.45) is 0. The van der Waals surface area contributed by atoms with Gasteiger partial charge in [0.05, 0.1) is 0 Å². The van der Waals surface area contributed by atoms with Crippen LogP contribution in [0.3, 0.4) is 0 Å². The number of carbonyl (C=O) groups excluding carboxylic acids is 5. The quantitative estimate of drug-likeness (QED) is 0.0650. The van der Waals surface area contributed by atoms with Crippen LogP contribution in [0.15, 0.2) is 0 Å². The van der Waals surface area contributed by atoms with E-state index in [4.69, 9.17) is 37.3 Å². The van der Waals surface area contributed by atoms with Crippen LogP contribution in [0.5, 0.6) is 0 Å². The topological polar surface area (TPSA) is 401 Å². The van der Waals surface area contributed by atoms with Gasteiger partial charge in [-0.25, -0.2) is 37.3 Å². The molecule has 0 amide bonds. The summed E-state index contributed by atoms with van der Waals surface area (Å²) in [6.45, 7) is 36.2. The van der Waals surface area contributed by atoms with E-state index in [1.54, 1.807) is 0 Å². The SMILES string of the molecule is CCN(CC)CCNCCN(CC)CC.CCN(CC)CCNCCN(CC)CC.O.O.O.O=C1C(=O)C(=O)C(=O)C1=O.[Cu+].[Cu+].[O-][Cl+3]([O-])([O-])[O-].[O-][Cl+3]([O-])([O-])[O-]. The molecule has 1 aliphatic carbocycles. The maximum absolute atomic E-state index is 10.2. The van der Waals surface area contributed by atoms with E-state index in [-0.39, 0.29) is 50.6 Å². The molecule has 342 valence electrons. The Balaban J connectivity index is -0.0000000711. The van der Waals surface area contributed by atoms with Crippen molar-refractivity contribution in [1.29, 1.82) is 0 Å². The molecule has 0 unspecified atom stereocenters. The Kier molecular flexibility index (Phi) is 62.8. The summed E-state index contributed by atoms with van der Waals surface area (Å²) in [4.78, 5) is 60.7. The van der Waals surface area contributed by atoms with Gasteiger partial charge in [-0.05, 0) is 52.4 Å². The molecule has 1 fully saturated rings. The second kappa shape index (κ2) is 46.0. The van der Waals surface area contributed by atoms with Crippen LogP contribution in [0.4, 0.5) is 0 Å². The van der Waals surface area contributed by atoms with E-state index in [0.29, 0.717) is 0 Å². The first kappa shape index (κ1) is 75.2. The second-order valence-electron chi connectivity index (χ2n) is 10.0. The molecule has 0 aromatic carbocycles. The van der Waals surface area contributed by atoms with Crippen LogP contribution in [-0.4, -0.2) is 170 Å². The standard InChI is InChI=1S/2C12H29N3.C5O5.2ClHO4.2Cu.3H2O/c2*1-5-14(6-2)11-9-13-10-12-15(7-3)8-4;6-1-2(7)4(9)5(10)3(1)8;2*2-1(3,4)5;;;;;/h2*13H,5-12H2,1-4H3;;2*(H,2,3,4,5);;;3*1H2/q;;;;;2*+1;;;/p-2. The van der Waals surface area contributed by atoms with E-state index >= 15 is 0 Å². The number of ketones is 5. The first-order valence-electron chi connectivity index (χ1n) is 16.4. The molecule has 0 atom stereocenters. The number of nitrogens with zero attached hydrogens (tertiary/aromatic N) is 4. The van der Waals surface area contributed by atoms with Gasteiger partial charge >= 0.3 is 34.1 Å². The maximum Gasteiger partial charge on any atom is 1.00 e. The molecule has 8 N–H and O–H groups in total. The van der Waals surface area contributed by atoms with Gasteiger partial charge in [0.25, 0.3) is 28.9 Å². The Morgan fingerprint density at radius 3 is 0.564 bits per heavy atom. The van der Waals surface area contributed by atoms with Crippen LogP contribution < -0.4 is 47.9 Å². The Labute approximate surface area is 350 Å². The van der Waals surface area contributed by atoms with Crippen LogP contribution in [-0.2, 0) is 58.1 Å². The predicted octanol–water partition coefficient (Wildman–Crippen LogP) is -11.6. The molecule has 26 heteroatoms. The van der Waals surface area contributed by atoms with Gasteiger partial charge in [-0.3, -0.25) is 24.0 Å². The zero-order valence-corrected chi connectivity index (χ0v) is 36.2. The summed E-state index contributed by atoms with van der Waals surface area (Å²) >= 11 is 0. The monoisotopic (exact) mass is 948 g/mol. The van der Waals surface area contributed by atoms with Crippen molar-refractivity contribution in [2.24, 2.45) is 0 Å². The second-order valence-corrected chi connectivity index (χ2v) is 11.5. The molecular weight excluding hydrogens is 886 g/mol. The number of likely N-dealkylation sites (N-methyl/N-ethyl adjacent to an activating group) is 4. The third-order valence-corrected chi connectivity index (χ3v) is 7.03. The van der Waals surface area contributed by atoms with Crippen molar-refractivity contribution in [2.75, 3.05) is 105 Å². The summed E-state index contributed by atoms with van der Waals surface area (Å²) in [5, 5.41) is 7.00. The van der Waals surface area contributed by atoms with Crippen molar-refractivity contribution in [3.63, 3.8) is 0 Å². The van der Waals surface area contributed by atoms with E-state index < -0.39 is 49.4 Å². The molecular formula is C29H64Cl2Cu2N6O16. The van der Waals surface area contributed by atoms with E-state index in [0.717, 1.165) is 78.5 Å². The van der Waals surface area contributed by atoms with E-state index in [9.17, 15) is 24.0 Å². The number of hydrogen-bond donors (Lipinski definition) is 2. The van der Waals surface area contributed by atoms with Gasteiger partial charge in [-0.15, -0.1) is 20.5 Å². The largest absolute Gasteiger partial charge is 1.00 e. The Bertz CT molecular complexity index is 755. The molecule has 55 heavy (non-hydrogen) atoms. The molecule has 0 spiro atoms. The first-order valence-corrected chi connectivity index (χ1v) is 18.8. The molecule has 1 saturated carbocycles. The van der Waals surface area contributed by atoms with Crippen molar-refractivity contribution >= 4 is 28.9 Å². The third-order valence-electron chi connectivity index (χ3n) is 7.03. The maximum atomic E-state index is 10.2. The fourth-order valence-corrected chi connectivity index (χ4v) is 3.87. The molecule has 22 nitrogen and oxygen atoms in total. The minimum atomic E-state index is -4.94. The molecule has 0 aromatic rings. The van der Waals surface area contributed by atoms with Gasteiger partial charge in [0.15, 0.2) is 0 Å². The van der Waals surface area contributed by atoms with Gasteiger partial charge in [0.1, 0.15) is 0 Å². The predicted molar refractivity (Wildman–Crippen MR) is 173 cm³/mol. The number of carbonyl (C=O) groups is 5. The molecule has 0 saturated heterocycles. The third kappa shape index (κ3) is 53.3. The minimum Gasteiger partial charge on any atom is -0.412 e. The Hall–Kier alpha value is -0.711. The zero-order chi connectivity index (χ0) is 39.9. The Morgan fingerprint density at radius 1 is 0.364 bits per heavy atom. The molecule has 0 heterocycles. The number of nitrogens with one attached hydrogen (secondary N) is 2. The normalized spacial score (nSPS) is 12.0. The smallest absolute Gasteiger partial charge is 0.412 e. The van der Waals surface area contributed by atoms with Gasteiger partial charge in [0.2, 0.25) is 0 Å². The molecule has 0 aromatic heterocycles. The van der Waals surface area contributed by atoms with Crippen molar-refractivity contribution in [1.82, 2.24) is 30.2 Å². The van der Waals surface area contributed by atoms with Crippen molar-refractivity contribution in [3.8, 4) is 0 Å². The van der Waals surface area contributed by atoms with E-state index in [2.05, 4.69) is 85.6 Å². The number of halogens is 2. The average Bonchev–Trinajstić information content (AvgIpc) is 3.20. The molecule has 0 radical (unpaired) electrons. The molecule has 0 bridgehead atoms. The van der Waals surface area contributed by atoms with E-state index in [1.807, 2.05) is 0 Å². The summed E-state index contributed by atoms with van der Waals surface area (Å²) in [5.74, 6) is -7.59. The summed E-state index contributed by atoms with van der Waals surface area (Å²) in [7, 11) is -9.89. The van der Waals surface area contributed by atoms with Crippen LogP contribution in [0.25, 0.3) is 0 Å². The van der Waals surface area contributed by atoms with Gasteiger partial charge in [-0.1, -0.05) is 55.4 Å². The number of Topliss-reactive ketones (excluding diaryl/α,β-unsaturated/α-hetero) is 5. The average molecular weight is 951 g/mol. The molecule has 1 aliphatic rings. The van der Waals surface area contributed by atoms with Gasteiger partial charge < -0.3 is 46.7 Å². The summed E-state index contributed by atoms with van der Waals surface area (Å²) in [5.41, 5.74) is 0. The summed E-state index contributed by atoms with van der Waals surface area (Å²) in [6, 6.07) is 0. The van der Waals surface area contributed by atoms with Gasteiger partial charge in [-0.2, -0.15) is 0 Å². The zero-order valence-electron chi connectivity index (χ0n) is 32.8. The van der Waals surface area contributed by atoms with Crippen molar-refractivity contribution in [3.05, 3.63) is 0 Å². The first-order chi connectivity index (χ1) is 23.1. The van der Waals surface area contributed by atoms with Crippen LogP contribution in [0, 0.1) is 20.5 Å². The fourth-order valence-electron chi connectivity index (χ4n) is 3.87. The number of rotatable bonds is 20. The van der Waals surface area contributed by atoms with Gasteiger partial charge in [0, 0.05) is 52.4 Å². The molecule has 1 rings (SSSR count). The fraction of sp³-hybridized carbons (Fsp3) is 0.828. The van der Waals surface area contributed by atoms with Crippen LogP contribution in [0.2, 0.25) is 0 Å². The van der Waals surface area contributed by atoms with Crippen LogP contribution >= 0.6 is 0 Å².